The Hall–Kier alpha value is -2.29. The van der Waals surface area contributed by atoms with Gasteiger partial charge in [-0.1, -0.05) is 37.1 Å². The van der Waals surface area contributed by atoms with E-state index in [-0.39, 0.29) is 31.6 Å². The molecular formula is C24H26IrNO2-. The zero-order chi connectivity index (χ0) is 20.1. The summed E-state index contributed by atoms with van der Waals surface area (Å²) in [5.41, 5.74) is 8.13. The normalized spacial score (nSPS) is 10.7. The molecule has 3 aromatic rings. The van der Waals surface area contributed by atoms with Gasteiger partial charge >= 0.3 is 0 Å². The van der Waals surface area contributed by atoms with Crippen LogP contribution >= 0.6 is 0 Å². The minimum absolute atomic E-state index is 0. The molecule has 0 atom stereocenters. The van der Waals surface area contributed by atoms with Gasteiger partial charge in [-0.05, 0) is 50.9 Å². The van der Waals surface area contributed by atoms with Crippen molar-refractivity contribution in [3.8, 4) is 11.3 Å². The Bertz CT molecular complexity index is 1020. The molecule has 2 aromatic carbocycles. The van der Waals surface area contributed by atoms with E-state index in [4.69, 9.17) is 10.1 Å². The summed E-state index contributed by atoms with van der Waals surface area (Å²) in [6.45, 7) is 11.3. The van der Waals surface area contributed by atoms with Crippen LogP contribution in [0.5, 0.6) is 0 Å². The predicted molar refractivity (Wildman–Crippen MR) is 112 cm³/mol. The van der Waals surface area contributed by atoms with Crippen LogP contribution in [0.2, 0.25) is 0 Å². The largest absolute Gasteiger partial charge is 0.512 e. The fraction of sp³-hybridized carbons (Fsp3) is 0.250. The third kappa shape index (κ3) is 6.40. The maximum atomic E-state index is 10.0. The molecule has 0 aliphatic carbocycles. The summed E-state index contributed by atoms with van der Waals surface area (Å²) in [6, 6.07) is 16.2. The number of pyridine rings is 1. The topological polar surface area (TPSA) is 50.2 Å². The Morgan fingerprint density at radius 1 is 1.00 bits per heavy atom. The number of nitrogens with zero attached hydrogens (tertiary/aromatic N) is 1. The van der Waals surface area contributed by atoms with Gasteiger partial charge in [-0.2, -0.15) is 0 Å². The summed E-state index contributed by atoms with van der Waals surface area (Å²) in [7, 11) is 0. The molecule has 0 bridgehead atoms. The van der Waals surface area contributed by atoms with E-state index >= 15 is 0 Å². The average Bonchev–Trinajstić information content (AvgIpc) is 2.54. The Morgan fingerprint density at radius 2 is 1.68 bits per heavy atom. The fourth-order valence-corrected chi connectivity index (χ4v) is 2.96. The molecule has 3 nitrogen and oxygen atoms in total. The second-order valence-electron chi connectivity index (χ2n) is 6.98. The molecule has 0 aliphatic rings. The zero-order valence-electron chi connectivity index (χ0n) is 17.2. The molecule has 1 N–H and O–H groups in total. The third-order valence-electron chi connectivity index (χ3n) is 4.09. The van der Waals surface area contributed by atoms with Crippen molar-refractivity contribution < 1.29 is 30.0 Å². The van der Waals surface area contributed by atoms with Crippen LogP contribution in [0.25, 0.3) is 22.2 Å². The van der Waals surface area contributed by atoms with Gasteiger partial charge in [-0.25, -0.2) is 0 Å². The summed E-state index contributed by atoms with van der Waals surface area (Å²) in [6.07, 6.45) is 1.17. The van der Waals surface area contributed by atoms with Gasteiger partial charge in [0.15, 0.2) is 5.78 Å². The SMILES string of the molecule is CC(=O)/C=C(/C)O.Cc1c[c-]c(-c2nc3ccc(C)cc3cc2C)c(C)c1.[Ir]. The third-order valence-corrected chi connectivity index (χ3v) is 4.09. The number of benzene rings is 2. The molecule has 0 fully saturated rings. The molecule has 0 amide bonds. The molecule has 1 heterocycles. The first-order chi connectivity index (χ1) is 12.7. The molecule has 4 heteroatoms. The van der Waals surface area contributed by atoms with E-state index in [0.717, 1.165) is 16.8 Å². The van der Waals surface area contributed by atoms with Gasteiger partial charge in [0.25, 0.3) is 0 Å². The summed E-state index contributed by atoms with van der Waals surface area (Å²) in [5.74, 6) is -0.0625. The standard InChI is InChI=1S/C19H18N.C5H8O2.Ir/c1-12-5-7-17(14(3)9-12)19-15(4)11-16-10-13(2)6-8-18(16)20-19;1-4(6)3-5(2)7;/h5-6,8-11H,1-4H3;3,6H,1-2H3;/q-1;;/b;4-3-;. The molecule has 1 aromatic heterocycles. The minimum atomic E-state index is -0.125. The second kappa shape index (κ2) is 10.3. The molecule has 0 saturated carbocycles. The monoisotopic (exact) mass is 553 g/mol. The van der Waals surface area contributed by atoms with Crippen molar-refractivity contribution in [1.29, 1.82) is 0 Å². The van der Waals surface area contributed by atoms with E-state index < -0.39 is 0 Å². The van der Waals surface area contributed by atoms with Crippen molar-refractivity contribution >= 4 is 16.7 Å². The van der Waals surface area contributed by atoms with Gasteiger partial charge in [0.05, 0.1) is 11.3 Å². The summed E-state index contributed by atoms with van der Waals surface area (Å²) in [5, 5.41) is 9.57. The Morgan fingerprint density at radius 3 is 2.21 bits per heavy atom. The molecule has 0 aliphatic heterocycles. The van der Waals surface area contributed by atoms with Gasteiger partial charge in [-0.3, -0.25) is 9.78 Å². The second-order valence-corrected chi connectivity index (χ2v) is 6.98. The number of hydrogen-bond donors (Lipinski definition) is 1. The van der Waals surface area contributed by atoms with Crippen LogP contribution in [0.4, 0.5) is 0 Å². The smallest absolute Gasteiger partial charge is 0.155 e. The van der Waals surface area contributed by atoms with Crippen molar-refractivity contribution in [3.63, 3.8) is 0 Å². The number of ketones is 1. The predicted octanol–water partition coefficient (Wildman–Crippen LogP) is 5.97. The van der Waals surface area contributed by atoms with Crippen molar-refractivity contribution in [2.24, 2.45) is 0 Å². The number of aryl methyl sites for hydroxylation is 4. The molecule has 3 rings (SSSR count). The van der Waals surface area contributed by atoms with Crippen LogP contribution < -0.4 is 0 Å². The Balaban J connectivity index is 0.000000425. The molecular weight excluding hydrogens is 526 g/mol. The molecule has 149 valence electrons. The molecule has 1 radical (unpaired) electrons. The van der Waals surface area contributed by atoms with Gasteiger partial charge in [-0.15, -0.1) is 34.9 Å². The first-order valence-electron chi connectivity index (χ1n) is 8.92. The van der Waals surface area contributed by atoms with E-state index in [1.807, 2.05) is 6.07 Å². The van der Waals surface area contributed by atoms with Crippen LogP contribution in [-0.4, -0.2) is 15.9 Å². The first-order valence-corrected chi connectivity index (χ1v) is 8.92. The fourth-order valence-electron chi connectivity index (χ4n) is 2.96. The number of aliphatic hydroxyl groups is 1. The number of carbonyl (C=O) groups is 1. The number of hydrogen-bond acceptors (Lipinski definition) is 3. The minimum Gasteiger partial charge on any atom is -0.512 e. The van der Waals surface area contributed by atoms with Crippen molar-refractivity contribution in [3.05, 3.63) is 76.6 Å². The zero-order valence-corrected chi connectivity index (χ0v) is 19.6. The quantitative estimate of drug-likeness (QED) is 0.242. The number of fused-ring (bicyclic) bond motifs is 1. The van der Waals surface area contributed by atoms with E-state index in [1.54, 1.807) is 0 Å². The van der Waals surface area contributed by atoms with Crippen molar-refractivity contribution in [1.82, 2.24) is 4.98 Å². The summed E-state index contributed by atoms with van der Waals surface area (Å²) < 4.78 is 0. The van der Waals surface area contributed by atoms with E-state index in [9.17, 15) is 4.79 Å². The van der Waals surface area contributed by atoms with Gasteiger partial charge in [0, 0.05) is 26.2 Å². The number of allylic oxidation sites excluding steroid dienone is 2. The van der Waals surface area contributed by atoms with Crippen LogP contribution in [0.3, 0.4) is 0 Å². The Kier molecular flexibility index (Phi) is 8.74. The molecule has 28 heavy (non-hydrogen) atoms. The number of carbonyl (C=O) groups excluding carboxylic acids is 1. The average molecular weight is 553 g/mol. The van der Waals surface area contributed by atoms with Gasteiger partial charge in [0.2, 0.25) is 0 Å². The molecule has 0 spiro atoms. The molecule has 0 saturated heterocycles. The Labute approximate surface area is 180 Å². The van der Waals surface area contributed by atoms with Gasteiger partial charge in [0.1, 0.15) is 0 Å². The van der Waals surface area contributed by atoms with Crippen molar-refractivity contribution in [2.45, 2.75) is 41.5 Å². The van der Waals surface area contributed by atoms with Crippen LogP contribution in [0.1, 0.15) is 36.1 Å². The summed E-state index contributed by atoms with van der Waals surface area (Å²) >= 11 is 0. The van der Waals surface area contributed by atoms with E-state index in [1.165, 1.54) is 47.6 Å². The first kappa shape index (κ1) is 23.7. The van der Waals surface area contributed by atoms with Crippen LogP contribution in [-0.2, 0) is 24.9 Å². The van der Waals surface area contributed by atoms with Crippen LogP contribution in [0.15, 0.2) is 48.2 Å². The number of aliphatic hydroxyl groups excluding tert-OH is 1. The van der Waals surface area contributed by atoms with E-state index in [2.05, 4.69) is 64.1 Å². The maximum absolute atomic E-state index is 10.0. The number of rotatable bonds is 2. The van der Waals surface area contributed by atoms with Crippen molar-refractivity contribution in [2.75, 3.05) is 0 Å². The van der Waals surface area contributed by atoms with Gasteiger partial charge < -0.3 is 5.11 Å². The van der Waals surface area contributed by atoms with Crippen LogP contribution in [0, 0.1) is 33.8 Å². The molecule has 0 unspecified atom stereocenters. The maximum Gasteiger partial charge on any atom is 0.155 e. The van der Waals surface area contributed by atoms with E-state index in [0.29, 0.717) is 0 Å². The number of aromatic nitrogens is 1. The summed E-state index contributed by atoms with van der Waals surface area (Å²) in [4.78, 5) is 14.9.